The summed E-state index contributed by atoms with van der Waals surface area (Å²) >= 11 is 0. The minimum atomic E-state index is -1.17. The zero-order valence-corrected chi connectivity index (χ0v) is 8.92. The molecule has 0 fully saturated rings. The second kappa shape index (κ2) is 4.32. The molecule has 0 aliphatic rings. The Bertz CT molecular complexity index is 566. The Morgan fingerprint density at radius 3 is 2.82 bits per heavy atom. The first-order chi connectivity index (χ1) is 8.08. The van der Waals surface area contributed by atoms with Crippen molar-refractivity contribution >= 4 is 11.7 Å². The highest BCUT2D eigenvalue weighted by molar-refractivity contribution is 6.03. The number of nitrogens with zero attached hydrogens (tertiary/aromatic N) is 1. The van der Waals surface area contributed by atoms with Crippen LogP contribution in [0.25, 0.3) is 0 Å². The molecule has 1 heterocycles. The lowest BCUT2D eigenvalue weighted by atomic mass is 10.2. The average Bonchev–Trinajstić information content (AvgIpc) is 2.68. The molecule has 0 saturated carbocycles. The smallest absolute Gasteiger partial charge is 0.259 e. The van der Waals surface area contributed by atoms with Crippen molar-refractivity contribution in [2.75, 3.05) is 5.32 Å². The number of nitrogens with one attached hydrogen (secondary N) is 2. The summed E-state index contributed by atoms with van der Waals surface area (Å²) in [6, 6.07) is 5.00. The van der Waals surface area contributed by atoms with E-state index in [2.05, 4.69) is 15.5 Å². The van der Waals surface area contributed by atoms with Crippen LogP contribution >= 0.6 is 0 Å². The predicted octanol–water partition coefficient (Wildman–Crippen LogP) is 2.25. The van der Waals surface area contributed by atoms with E-state index in [1.807, 2.05) is 0 Å². The Kier molecular flexibility index (Phi) is 2.86. The molecule has 88 valence electrons. The van der Waals surface area contributed by atoms with E-state index in [1.165, 1.54) is 12.1 Å². The van der Waals surface area contributed by atoms with Crippen molar-refractivity contribution in [2.24, 2.45) is 0 Å². The van der Waals surface area contributed by atoms with E-state index in [1.54, 1.807) is 13.0 Å². The van der Waals surface area contributed by atoms with Gasteiger partial charge in [-0.3, -0.25) is 9.89 Å². The van der Waals surface area contributed by atoms with E-state index in [4.69, 9.17) is 0 Å². The van der Waals surface area contributed by atoms with Gasteiger partial charge in [-0.25, -0.2) is 8.78 Å². The topological polar surface area (TPSA) is 57.8 Å². The van der Waals surface area contributed by atoms with Crippen molar-refractivity contribution in [1.82, 2.24) is 10.2 Å². The molecule has 0 aliphatic carbocycles. The van der Waals surface area contributed by atoms with Crippen LogP contribution in [-0.4, -0.2) is 16.1 Å². The Morgan fingerprint density at radius 1 is 1.41 bits per heavy atom. The highest BCUT2D eigenvalue weighted by Gasteiger charge is 2.15. The number of H-pyrrole nitrogens is 1. The van der Waals surface area contributed by atoms with E-state index in [9.17, 15) is 13.6 Å². The van der Waals surface area contributed by atoms with Crippen LogP contribution in [0.2, 0.25) is 0 Å². The number of anilines is 1. The lowest BCUT2D eigenvalue weighted by Crippen LogP contribution is -2.14. The van der Waals surface area contributed by atoms with Crippen LogP contribution in [0.1, 0.15) is 16.1 Å². The molecule has 1 amide bonds. The van der Waals surface area contributed by atoms with Crippen molar-refractivity contribution in [3.63, 3.8) is 0 Å². The first-order valence-electron chi connectivity index (χ1n) is 4.85. The average molecular weight is 237 g/mol. The van der Waals surface area contributed by atoms with Gasteiger partial charge in [-0.2, -0.15) is 5.10 Å². The second-order valence-corrected chi connectivity index (χ2v) is 3.49. The maximum absolute atomic E-state index is 13.3. The molecule has 6 heteroatoms. The number of aromatic amines is 1. The summed E-state index contributed by atoms with van der Waals surface area (Å²) in [6.07, 6.45) is 0. The van der Waals surface area contributed by atoms with E-state index in [0.717, 1.165) is 11.8 Å². The zero-order valence-electron chi connectivity index (χ0n) is 8.92. The number of hydrogen-bond acceptors (Lipinski definition) is 2. The standard InChI is InChI=1S/C11H9F2N3O/c1-6-5-9(16-15-6)14-11(17)7-3-2-4-8(12)10(7)13/h2-5H,1H3,(H2,14,15,16,17). The molecule has 4 nitrogen and oxygen atoms in total. The summed E-state index contributed by atoms with van der Waals surface area (Å²) in [4.78, 5) is 11.6. The summed E-state index contributed by atoms with van der Waals surface area (Å²) < 4.78 is 26.2. The molecule has 0 radical (unpaired) electrons. The number of amides is 1. The molecule has 0 bridgehead atoms. The van der Waals surface area contributed by atoms with Gasteiger partial charge >= 0.3 is 0 Å². The van der Waals surface area contributed by atoms with Crippen LogP contribution in [0.5, 0.6) is 0 Å². The number of aromatic nitrogens is 2. The molecule has 2 rings (SSSR count). The minimum absolute atomic E-state index is 0.260. The fraction of sp³-hybridized carbons (Fsp3) is 0.0909. The van der Waals surface area contributed by atoms with E-state index in [-0.39, 0.29) is 11.4 Å². The molecule has 1 aromatic heterocycles. The summed E-state index contributed by atoms with van der Waals surface area (Å²) in [5.41, 5.74) is 0.394. The number of hydrogen-bond donors (Lipinski definition) is 2. The lowest BCUT2D eigenvalue weighted by molar-refractivity contribution is 0.102. The third-order valence-corrected chi connectivity index (χ3v) is 2.14. The van der Waals surface area contributed by atoms with Crippen molar-refractivity contribution < 1.29 is 13.6 Å². The largest absolute Gasteiger partial charge is 0.305 e. The van der Waals surface area contributed by atoms with E-state index >= 15 is 0 Å². The van der Waals surface area contributed by atoms with Gasteiger partial charge in [0.25, 0.3) is 5.91 Å². The molecule has 1 aromatic carbocycles. The maximum Gasteiger partial charge on any atom is 0.259 e. The van der Waals surface area contributed by atoms with Crippen LogP contribution in [0, 0.1) is 18.6 Å². The molecule has 0 unspecified atom stereocenters. The number of rotatable bonds is 2. The molecular formula is C11H9F2N3O. The molecular weight excluding hydrogens is 228 g/mol. The van der Waals surface area contributed by atoms with Crippen molar-refractivity contribution in [3.05, 3.63) is 47.2 Å². The van der Waals surface area contributed by atoms with Gasteiger partial charge in [-0.15, -0.1) is 0 Å². The Labute approximate surface area is 95.7 Å². The molecule has 17 heavy (non-hydrogen) atoms. The van der Waals surface area contributed by atoms with Gasteiger partial charge in [-0.05, 0) is 19.1 Å². The van der Waals surface area contributed by atoms with Crippen LogP contribution in [0.3, 0.4) is 0 Å². The Balaban J connectivity index is 2.23. The van der Waals surface area contributed by atoms with Crippen LogP contribution < -0.4 is 5.32 Å². The minimum Gasteiger partial charge on any atom is -0.305 e. The van der Waals surface area contributed by atoms with Crippen molar-refractivity contribution in [3.8, 4) is 0 Å². The monoisotopic (exact) mass is 237 g/mol. The number of aryl methyl sites for hydroxylation is 1. The summed E-state index contributed by atoms with van der Waals surface area (Å²) in [5.74, 6) is -2.71. The van der Waals surface area contributed by atoms with Crippen LogP contribution in [0.15, 0.2) is 24.3 Å². The highest BCUT2D eigenvalue weighted by atomic mass is 19.2. The van der Waals surface area contributed by atoms with Gasteiger partial charge in [0.15, 0.2) is 17.5 Å². The van der Waals surface area contributed by atoms with Gasteiger partial charge in [-0.1, -0.05) is 6.07 Å². The van der Waals surface area contributed by atoms with Gasteiger partial charge in [0, 0.05) is 11.8 Å². The van der Waals surface area contributed by atoms with E-state index < -0.39 is 17.5 Å². The van der Waals surface area contributed by atoms with Crippen molar-refractivity contribution in [2.45, 2.75) is 6.92 Å². The number of halogens is 2. The molecule has 2 aromatic rings. The normalized spacial score (nSPS) is 10.3. The van der Waals surface area contributed by atoms with E-state index in [0.29, 0.717) is 0 Å². The molecule has 2 N–H and O–H groups in total. The molecule has 0 aliphatic heterocycles. The first-order valence-corrected chi connectivity index (χ1v) is 4.85. The third-order valence-electron chi connectivity index (χ3n) is 2.14. The number of carbonyl (C=O) groups is 1. The molecule has 0 atom stereocenters. The van der Waals surface area contributed by atoms with Crippen LogP contribution in [0.4, 0.5) is 14.6 Å². The highest BCUT2D eigenvalue weighted by Crippen LogP contribution is 2.13. The molecule has 0 spiro atoms. The fourth-order valence-electron chi connectivity index (χ4n) is 1.34. The third kappa shape index (κ3) is 2.30. The van der Waals surface area contributed by atoms with Gasteiger partial charge in [0.1, 0.15) is 0 Å². The van der Waals surface area contributed by atoms with Gasteiger partial charge < -0.3 is 5.32 Å². The lowest BCUT2D eigenvalue weighted by Gasteiger charge is -2.03. The van der Waals surface area contributed by atoms with Gasteiger partial charge in [0.05, 0.1) is 5.56 Å². The number of benzene rings is 1. The van der Waals surface area contributed by atoms with Gasteiger partial charge in [0.2, 0.25) is 0 Å². The van der Waals surface area contributed by atoms with Crippen molar-refractivity contribution in [1.29, 1.82) is 0 Å². The fourth-order valence-corrected chi connectivity index (χ4v) is 1.34. The van der Waals surface area contributed by atoms with Crippen LogP contribution in [-0.2, 0) is 0 Å². The first kappa shape index (κ1) is 11.3. The molecule has 0 saturated heterocycles. The summed E-state index contributed by atoms with van der Waals surface area (Å²) in [6.45, 7) is 1.76. The number of carbonyl (C=O) groups excluding carboxylic acids is 1. The quantitative estimate of drug-likeness (QED) is 0.841. The SMILES string of the molecule is Cc1cc(NC(=O)c2cccc(F)c2F)n[nH]1. The maximum atomic E-state index is 13.3. The second-order valence-electron chi connectivity index (χ2n) is 3.49. The summed E-state index contributed by atoms with van der Waals surface area (Å²) in [5, 5.41) is 8.74. The predicted molar refractivity (Wildman–Crippen MR) is 57.6 cm³/mol. The summed E-state index contributed by atoms with van der Waals surface area (Å²) in [7, 11) is 0. The zero-order chi connectivity index (χ0) is 12.4. The Morgan fingerprint density at radius 2 is 2.18 bits per heavy atom. The Hall–Kier alpha value is -2.24.